The number of amides is 2. The van der Waals surface area contributed by atoms with Crippen molar-refractivity contribution in [3.63, 3.8) is 0 Å². The monoisotopic (exact) mass is 349 g/mol. The molecule has 3 heterocycles. The third-order valence-electron chi connectivity index (χ3n) is 4.60. The summed E-state index contributed by atoms with van der Waals surface area (Å²) in [5.41, 5.74) is 6.37. The molecule has 138 valence electrons. The summed E-state index contributed by atoms with van der Waals surface area (Å²) in [4.78, 5) is 27.5. The molecule has 0 spiro atoms. The van der Waals surface area contributed by atoms with Crippen molar-refractivity contribution in [1.29, 1.82) is 0 Å². The fourth-order valence-corrected chi connectivity index (χ4v) is 3.33. The van der Waals surface area contributed by atoms with Gasteiger partial charge in [-0.25, -0.2) is 4.79 Å². The number of nitrogens with two attached hydrogens (primary N) is 1. The van der Waals surface area contributed by atoms with Crippen LogP contribution in [0.5, 0.6) is 0 Å². The van der Waals surface area contributed by atoms with Crippen LogP contribution in [0.3, 0.4) is 0 Å². The molecule has 0 radical (unpaired) electrons. The number of ether oxygens (including phenoxy) is 1. The van der Waals surface area contributed by atoms with E-state index in [1.165, 1.54) is 0 Å². The Morgan fingerprint density at radius 2 is 2.04 bits per heavy atom. The Balaban J connectivity index is 1.57. The minimum absolute atomic E-state index is 0.0188. The van der Waals surface area contributed by atoms with E-state index in [0.717, 1.165) is 18.5 Å². The highest BCUT2D eigenvalue weighted by atomic mass is 16.6. The van der Waals surface area contributed by atoms with Crippen LogP contribution in [0.2, 0.25) is 0 Å². The molecule has 0 saturated carbocycles. The zero-order valence-electron chi connectivity index (χ0n) is 15.1. The largest absolute Gasteiger partial charge is 0.444 e. The van der Waals surface area contributed by atoms with E-state index < -0.39 is 5.60 Å². The highest BCUT2D eigenvalue weighted by molar-refractivity contribution is 5.95. The summed E-state index contributed by atoms with van der Waals surface area (Å²) in [6.07, 6.45) is 1.80. The SMILES string of the molecule is CC(C)(C)OC(=O)N1CCC(c2cc(N3CC(N)CC3=O)n[nH]2)CC1. The maximum atomic E-state index is 12.1. The van der Waals surface area contributed by atoms with Crippen molar-refractivity contribution in [2.45, 2.75) is 57.6 Å². The van der Waals surface area contributed by atoms with Gasteiger partial charge in [0.1, 0.15) is 5.60 Å². The lowest BCUT2D eigenvalue weighted by molar-refractivity contribution is -0.117. The summed E-state index contributed by atoms with van der Waals surface area (Å²) in [6.45, 7) is 7.43. The van der Waals surface area contributed by atoms with Crippen molar-refractivity contribution in [2.75, 3.05) is 24.5 Å². The Bertz CT molecular complexity index is 643. The fraction of sp³-hybridized carbons (Fsp3) is 0.706. The minimum Gasteiger partial charge on any atom is -0.444 e. The number of anilines is 1. The molecule has 0 aromatic carbocycles. The van der Waals surface area contributed by atoms with Gasteiger partial charge >= 0.3 is 6.09 Å². The number of hydrogen-bond donors (Lipinski definition) is 2. The Hall–Kier alpha value is -2.09. The van der Waals surface area contributed by atoms with Crippen LogP contribution in [0.25, 0.3) is 0 Å². The molecule has 1 aromatic rings. The van der Waals surface area contributed by atoms with Crippen LogP contribution >= 0.6 is 0 Å². The topological polar surface area (TPSA) is 105 Å². The first-order valence-electron chi connectivity index (χ1n) is 8.82. The first-order valence-corrected chi connectivity index (χ1v) is 8.82. The molecule has 0 aliphatic carbocycles. The van der Waals surface area contributed by atoms with Gasteiger partial charge in [-0.3, -0.25) is 14.8 Å². The van der Waals surface area contributed by atoms with Gasteiger partial charge < -0.3 is 15.4 Å². The van der Waals surface area contributed by atoms with Crippen molar-refractivity contribution in [3.8, 4) is 0 Å². The van der Waals surface area contributed by atoms with Gasteiger partial charge in [-0.15, -0.1) is 0 Å². The lowest BCUT2D eigenvalue weighted by atomic mass is 9.94. The molecule has 2 saturated heterocycles. The molecule has 2 aliphatic heterocycles. The summed E-state index contributed by atoms with van der Waals surface area (Å²) in [5, 5.41) is 7.33. The number of aromatic amines is 1. The van der Waals surface area contributed by atoms with Crippen molar-refractivity contribution >= 4 is 17.8 Å². The summed E-state index contributed by atoms with van der Waals surface area (Å²) >= 11 is 0. The van der Waals surface area contributed by atoms with Gasteiger partial charge in [0, 0.05) is 49.8 Å². The van der Waals surface area contributed by atoms with E-state index in [0.29, 0.717) is 37.8 Å². The molecule has 2 amide bonds. The van der Waals surface area contributed by atoms with Gasteiger partial charge in [0.2, 0.25) is 5.91 Å². The number of carbonyl (C=O) groups excluding carboxylic acids is 2. The fourth-order valence-electron chi connectivity index (χ4n) is 3.33. The van der Waals surface area contributed by atoms with Gasteiger partial charge in [-0.1, -0.05) is 0 Å². The quantitative estimate of drug-likeness (QED) is 0.843. The second kappa shape index (κ2) is 6.67. The maximum absolute atomic E-state index is 12.1. The number of piperidine rings is 1. The average molecular weight is 349 g/mol. The second-order valence-electron chi connectivity index (χ2n) is 7.89. The van der Waals surface area contributed by atoms with Crippen LogP contribution in [-0.4, -0.2) is 58.4 Å². The summed E-state index contributed by atoms with van der Waals surface area (Å²) in [6, 6.07) is 1.81. The van der Waals surface area contributed by atoms with Crippen LogP contribution in [-0.2, 0) is 9.53 Å². The average Bonchev–Trinajstić information content (AvgIpc) is 3.12. The van der Waals surface area contributed by atoms with E-state index in [-0.39, 0.29) is 18.0 Å². The lowest BCUT2D eigenvalue weighted by Gasteiger charge is -2.33. The van der Waals surface area contributed by atoms with Gasteiger partial charge in [0.05, 0.1) is 0 Å². The molecule has 3 N–H and O–H groups in total. The van der Waals surface area contributed by atoms with Crippen LogP contribution in [0.1, 0.15) is 51.6 Å². The van der Waals surface area contributed by atoms with Crippen molar-refractivity contribution in [3.05, 3.63) is 11.8 Å². The first-order chi connectivity index (χ1) is 11.7. The van der Waals surface area contributed by atoms with Gasteiger partial charge in [0.15, 0.2) is 5.82 Å². The summed E-state index contributed by atoms with van der Waals surface area (Å²) < 4.78 is 5.42. The minimum atomic E-state index is -0.477. The molecule has 2 aliphatic rings. The zero-order chi connectivity index (χ0) is 18.2. The molecule has 0 bridgehead atoms. The number of H-pyrrole nitrogens is 1. The third-order valence-corrected chi connectivity index (χ3v) is 4.60. The number of aromatic nitrogens is 2. The van der Waals surface area contributed by atoms with Crippen LogP contribution in [0.4, 0.5) is 10.6 Å². The van der Waals surface area contributed by atoms with E-state index in [9.17, 15) is 9.59 Å². The molecule has 1 aromatic heterocycles. The number of nitrogens with one attached hydrogen (secondary N) is 1. The molecular formula is C17H27N5O3. The number of carbonyl (C=O) groups is 2. The van der Waals surface area contributed by atoms with E-state index in [1.807, 2.05) is 26.8 Å². The number of nitrogens with zero attached hydrogens (tertiary/aromatic N) is 3. The van der Waals surface area contributed by atoms with E-state index >= 15 is 0 Å². The van der Waals surface area contributed by atoms with Gasteiger partial charge in [-0.05, 0) is 33.6 Å². The summed E-state index contributed by atoms with van der Waals surface area (Å²) in [5.74, 6) is 0.958. The Morgan fingerprint density at radius 3 is 2.60 bits per heavy atom. The zero-order valence-corrected chi connectivity index (χ0v) is 15.1. The third kappa shape index (κ3) is 4.12. The van der Waals surface area contributed by atoms with Crippen LogP contribution in [0.15, 0.2) is 6.07 Å². The van der Waals surface area contributed by atoms with Gasteiger partial charge in [0.25, 0.3) is 0 Å². The highest BCUT2D eigenvalue weighted by Gasteiger charge is 2.32. The molecule has 1 unspecified atom stereocenters. The normalized spacial score (nSPS) is 22.6. The Kier molecular flexibility index (Phi) is 4.73. The highest BCUT2D eigenvalue weighted by Crippen LogP contribution is 2.30. The summed E-state index contributed by atoms with van der Waals surface area (Å²) in [7, 11) is 0. The van der Waals surface area contributed by atoms with Crippen LogP contribution in [0, 0.1) is 0 Å². The van der Waals surface area contributed by atoms with Crippen LogP contribution < -0.4 is 10.6 Å². The standard InChI is InChI=1S/C17H27N5O3/c1-17(2,3)25-16(24)21-6-4-11(5-7-21)13-9-14(20-19-13)22-10-12(18)8-15(22)23/h9,11-12H,4-8,10,18H2,1-3H3,(H,19,20). The lowest BCUT2D eigenvalue weighted by Crippen LogP contribution is -2.41. The Labute approximate surface area is 147 Å². The molecule has 2 fully saturated rings. The van der Waals surface area contributed by atoms with Crippen molar-refractivity contribution in [2.24, 2.45) is 5.73 Å². The number of likely N-dealkylation sites (tertiary alicyclic amines) is 1. The van der Waals surface area contributed by atoms with Crippen molar-refractivity contribution < 1.29 is 14.3 Å². The van der Waals surface area contributed by atoms with Crippen molar-refractivity contribution in [1.82, 2.24) is 15.1 Å². The molecule has 8 nitrogen and oxygen atoms in total. The van der Waals surface area contributed by atoms with Gasteiger partial charge in [-0.2, -0.15) is 5.10 Å². The molecule has 8 heteroatoms. The predicted molar refractivity (Wildman–Crippen MR) is 93.3 cm³/mol. The number of rotatable bonds is 2. The molecule has 3 rings (SSSR count). The molecule has 25 heavy (non-hydrogen) atoms. The Morgan fingerprint density at radius 1 is 1.36 bits per heavy atom. The predicted octanol–water partition coefficient (Wildman–Crippen LogP) is 1.59. The van der Waals surface area contributed by atoms with E-state index in [1.54, 1.807) is 9.80 Å². The van der Waals surface area contributed by atoms with E-state index in [2.05, 4.69) is 10.2 Å². The number of hydrogen-bond acceptors (Lipinski definition) is 5. The van der Waals surface area contributed by atoms with E-state index in [4.69, 9.17) is 10.5 Å². The molecular weight excluding hydrogens is 322 g/mol. The smallest absolute Gasteiger partial charge is 0.410 e. The molecule has 1 atom stereocenters. The first kappa shape index (κ1) is 17.7. The second-order valence-corrected chi connectivity index (χ2v) is 7.89. The maximum Gasteiger partial charge on any atom is 0.410 e.